The Hall–Kier alpha value is -0.740. The SMILES string of the molecule is O=S1(=O)C=C(Sc2ccccc2)CC1. The molecule has 0 radical (unpaired) electrons. The number of thioether (sulfide) groups is 1. The molecule has 1 aromatic rings. The molecule has 74 valence electrons. The molecule has 0 N–H and O–H groups in total. The lowest BCUT2D eigenvalue weighted by Crippen LogP contribution is -1.92. The lowest BCUT2D eigenvalue weighted by atomic mass is 10.4. The second-order valence-corrected chi connectivity index (χ2v) is 6.29. The van der Waals surface area contributed by atoms with Crippen LogP contribution in [-0.4, -0.2) is 14.2 Å². The van der Waals surface area contributed by atoms with E-state index >= 15 is 0 Å². The van der Waals surface area contributed by atoms with E-state index in [1.165, 1.54) is 17.2 Å². The summed E-state index contributed by atoms with van der Waals surface area (Å²) in [4.78, 5) is 2.03. The van der Waals surface area contributed by atoms with Crippen molar-refractivity contribution in [3.05, 3.63) is 40.6 Å². The van der Waals surface area contributed by atoms with Crippen LogP contribution in [0, 0.1) is 0 Å². The minimum atomic E-state index is -2.90. The fourth-order valence-electron chi connectivity index (χ4n) is 1.28. The van der Waals surface area contributed by atoms with Gasteiger partial charge in [-0.3, -0.25) is 0 Å². The van der Waals surface area contributed by atoms with Crippen molar-refractivity contribution >= 4 is 21.6 Å². The molecule has 4 heteroatoms. The van der Waals surface area contributed by atoms with Crippen LogP contribution in [-0.2, 0) is 9.84 Å². The van der Waals surface area contributed by atoms with Crippen LogP contribution in [0.1, 0.15) is 6.42 Å². The zero-order valence-corrected chi connectivity index (χ0v) is 9.14. The van der Waals surface area contributed by atoms with Crippen molar-refractivity contribution in [2.24, 2.45) is 0 Å². The Morgan fingerprint density at radius 2 is 1.86 bits per heavy atom. The molecule has 0 bridgehead atoms. The van der Waals surface area contributed by atoms with E-state index in [9.17, 15) is 8.42 Å². The van der Waals surface area contributed by atoms with E-state index in [1.807, 2.05) is 30.3 Å². The highest BCUT2D eigenvalue weighted by Gasteiger charge is 2.18. The van der Waals surface area contributed by atoms with E-state index in [0.29, 0.717) is 6.42 Å². The Morgan fingerprint density at radius 1 is 1.14 bits per heavy atom. The van der Waals surface area contributed by atoms with Crippen LogP contribution in [0.3, 0.4) is 0 Å². The average molecular weight is 226 g/mol. The van der Waals surface area contributed by atoms with Gasteiger partial charge in [0.2, 0.25) is 0 Å². The summed E-state index contributed by atoms with van der Waals surface area (Å²) in [7, 11) is -2.90. The van der Waals surface area contributed by atoms with Gasteiger partial charge in [-0.25, -0.2) is 8.42 Å². The van der Waals surface area contributed by atoms with Crippen molar-refractivity contribution < 1.29 is 8.42 Å². The van der Waals surface area contributed by atoms with Crippen molar-refractivity contribution in [3.63, 3.8) is 0 Å². The molecule has 2 rings (SSSR count). The molecule has 1 aliphatic heterocycles. The first-order valence-electron chi connectivity index (χ1n) is 4.32. The molecule has 0 aromatic heterocycles. The predicted octanol–water partition coefficient (Wildman–Crippen LogP) is 2.44. The molecule has 0 saturated carbocycles. The predicted molar refractivity (Wildman–Crippen MR) is 58.8 cm³/mol. The summed E-state index contributed by atoms with van der Waals surface area (Å²) in [6.07, 6.45) is 0.655. The first-order chi connectivity index (χ1) is 6.66. The third-order valence-electron chi connectivity index (χ3n) is 1.94. The van der Waals surface area contributed by atoms with Gasteiger partial charge in [-0.05, 0) is 18.6 Å². The maximum Gasteiger partial charge on any atom is 0.172 e. The third kappa shape index (κ3) is 2.39. The summed E-state index contributed by atoms with van der Waals surface area (Å²) < 4.78 is 22.3. The molecule has 2 nitrogen and oxygen atoms in total. The largest absolute Gasteiger partial charge is 0.224 e. The zero-order valence-electron chi connectivity index (χ0n) is 7.51. The number of hydrogen-bond acceptors (Lipinski definition) is 3. The fraction of sp³-hybridized carbons (Fsp3) is 0.200. The summed E-state index contributed by atoms with van der Waals surface area (Å²) in [6.45, 7) is 0. The normalized spacial score (nSPS) is 19.3. The lowest BCUT2D eigenvalue weighted by Gasteiger charge is -1.99. The molecular formula is C10H10O2S2. The molecule has 14 heavy (non-hydrogen) atoms. The van der Waals surface area contributed by atoms with Gasteiger partial charge >= 0.3 is 0 Å². The van der Waals surface area contributed by atoms with Crippen LogP contribution in [0.15, 0.2) is 45.5 Å². The van der Waals surface area contributed by atoms with E-state index in [0.717, 1.165) is 9.80 Å². The third-order valence-corrected chi connectivity index (χ3v) is 4.59. The van der Waals surface area contributed by atoms with Crippen LogP contribution >= 0.6 is 11.8 Å². The quantitative estimate of drug-likeness (QED) is 0.776. The summed E-state index contributed by atoms with van der Waals surface area (Å²) in [5.74, 6) is 0.266. The smallest absolute Gasteiger partial charge is 0.172 e. The molecule has 0 unspecified atom stereocenters. The van der Waals surface area contributed by atoms with Gasteiger partial charge in [-0.15, -0.1) is 0 Å². The lowest BCUT2D eigenvalue weighted by molar-refractivity contribution is 0.606. The van der Waals surface area contributed by atoms with E-state index in [4.69, 9.17) is 0 Å². The van der Waals surface area contributed by atoms with Gasteiger partial charge in [-0.1, -0.05) is 30.0 Å². The highest BCUT2D eigenvalue weighted by Crippen LogP contribution is 2.33. The zero-order chi connectivity index (χ0) is 10.0. The van der Waals surface area contributed by atoms with Crippen molar-refractivity contribution in [3.8, 4) is 0 Å². The number of allylic oxidation sites excluding steroid dienone is 1. The van der Waals surface area contributed by atoms with Gasteiger partial charge in [0.15, 0.2) is 9.84 Å². The maximum absolute atomic E-state index is 11.1. The van der Waals surface area contributed by atoms with Gasteiger partial charge < -0.3 is 0 Å². The van der Waals surface area contributed by atoms with E-state index in [2.05, 4.69) is 0 Å². The molecular weight excluding hydrogens is 216 g/mol. The Bertz CT molecular complexity index is 446. The first kappa shape index (κ1) is 9.80. The number of hydrogen-bond donors (Lipinski definition) is 0. The van der Waals surface area contributed by atoms with Gasteiger partial charge in [0.05, 0.1) is 5.75 Å². The van der Waals surface area contributed by atoms with Gasteiger partial charge in [0.25, 0.3) is 0 Å². The van der Waals surface area contributed by atoms with Crippen LogP contribution in [0.2, 0.25) is 0 Å². The summed E-state index contributed by atoms with van der Waals surface area (Å²) in [6, 6.07) is 9.81. The number of sulfone groups is 1. The molecule has 1 heterocycles. The van der Waals surface area contributed by atoms with Crippen LogP contribution in [0.25, 0.3) is 0 Å². The van der Waals surface area contributed by atoms with Crippen molar-refractivity contribution in [2.75, 3.05) is 5.75 Å². The van der Waals surface area contributed by atoms with Crippen LogP contribution < -0.4 is 0 Å². The second kappa shape index (κ2) is 3.79. The Kier molecular flexibility index (Phi) is 2.65. The standard InChI is InChI=1S/C10H10O2S2/c11-14(12)7-6-10(8-14)13-9-4-2-1-3-5-9/h1-5,8H,6-7H2. The van der Waals surface area contributed by atoms with E-state index in [1.54, 1.807) is 0 Å². The molecule has 0 amide bonds. The highest BCUT2D eigenvalue weighted by atomic mass is 32.2. The summed E-state index contributed by atoms with van der Waals surface area (Å²) >= 11 is 1.54. The molecule has 1 aliphatic rings. The van der Waals surface area contributed by atoms with Gasteiger partial charge in [-0.2, -0.15) is 0 Å². The number of benzene rings is 1. The highest BCUT2D eigenvalue weighted by molar-refractivity contribution is 8.04. The maximum atomic E-state index is 11.1. The molecule has 0 atom stereocenters. The van der Waals surface area contributed by atoms with E-state index in [-0.39, 0.29) is 5.75 Å². The Labute approximate surface area is 87.9 Å². The number of rotatable bonds is 2. The Morgan fingerprint density at radius 3 is 2.43 bits per heavy atom. The van der Waals surface area contributed by atoms with Crippen molar-refractivity contribution in [1.29, 1.82) is 0 Å². The van der Waals surface area contributed by atoms with Gasteiger partial charge in [0, 0.05) is 15.2 Å². The Balaban J connectivity index is 2.15. The molecule has 0 fully saturated rings. The molecule has 1 aromatic carbocycles. The van der Waals surface area contributed by atoms with Crippen LogP contribution in [0.4, 0.5) is 0 Å². The van der Waals surface area contributed by atoms with Crippen LogP contribution in [0.5, 0.6) is 0 Å². The van der Waals surface area contributed by atoms with Gasteiger partial charge in [0.1, 0.15) is 0 Å². The first-order valence-corrected chi connectivity index (χ1v) is 6.85. The average Bonchev–Trinajstić information content (AvgIpc) is 2.47. The second-order valence-electron chi connectivity index (χ2n) is 3.12. The van der Waals surface area contributed by atoms with Crippen molar-refractivity contribution in [2.45, 2.75) is 11.3 Å². The summed E-state index contributed by atoms with van der Waals surface area (Å²) in [5.41, 5.74) is 0. The minimum Gasteiger partial charge on any atom is -0.224 e. The molecule has 0 spiro atoms. The van der Waals surface area contributed by atoms with Crippen molar-refractivity contribution in [1.82, 2.24) is 0 Å². The monoisotopic (exact) mass is 226 g/mol. The van der Waals surface area contributed by atoms with E-state index < -0.39 is 9.84 Å². The summed E-state index contributed by atoms with van der Waals surface area (Å²) in [5, 5.41) is 1.39. The fourth-order valence-corrected chi connectivity index (χ4v) is 3.98. The molecule has 0 aliphatic carbocycles. The minimum absolute atomic E-state index is 0.266. The topological polar surface area (TPSA) is 34.1 Å². The molecule has 0 saturated heterocycles.